The zero-order valence-electron chi connectivity index (χ0n) is 7.49. The number of aromatic amines is 1. The molecular formula is C10H12N2O. The Morgan fingerprint density at radius 1 is 1.54 bits per heavy atom. The number of aliphatic hydroxyl groups excluding tert-OH is 1. The summed E-state index contributed by atoms with van der Waals surface area (Å²) in [6, 6.07) is 5.84. The van der Waals surface area contributed by atoms with Crippen LogP contribution in [0.25, 0.3) is 10.9 Å². The Labute approximate surface area is 76.4 Å². The van der Waals surface area contributed by atoms with Crippen LogP contribution in [0.1, 0.15) is 25.0 Å². The number of rotatable bonds is 2. The minimum Gasteiger partial charge on any atom is -0.388 e. The summed E-state index contributed by atoms with van der Waals surface area (Å²) < 4.78 is 0. The van der Waals surface area contributed by atoms with E-state index in [2.05, 4.69) is 10.2 Å². The van der Waals surface area contributed by atoms with Crippen LogP contribution in [0.2, 0.25) is 0 Å². The largest absolute Gasteiger partial charge is 0.388 e. The molecule has 0 bridgehead atoms. The number of hydrogen-bond donors (Lipinski definition) is 2. The maximum Gasteiger partial charge on any atom is 0.0788 e. The van der Waals surface area contributed by atoms with Gasteiger partial charge in [-0.15, -0.1) is 0 Å². The van der Waals surface area contributed by atoms with E-state index in [-0.39, 0.29) is 6.10 Å². The van der Waals surface area contributed by atoms with Crippen LogP contribution in [-0.4, -0.2) is 15.3 Å². The number of H-pyrrole nitrogens is 1. The molecule has 2 N–H and O–H groups in total. The summed E-state index contributed by atoms with van der Waals surface area (Å²) in [4.78, 5) is 0. The Hall–Kier alpha value is -1.35. The van der Waals surface area contributed by atoms with Gasteiger partial charge in [0.1, 0.15) is 0 Å². The molecular weight excluding hydrogens is 164 g/mol. The first-order chi connectivity index (χ1) is 6.31. The Morgan fingerprint density at radius 3 is 3.15 bits per heavy atom. The molecule has 0 aliphatic carbocycles. The average Bonchev–Trinajstić information content (AvgIpc) is 2.63. The highest BCUT2D eigenvalue weighted by Crippen LogP contribution is 2.20. The Kier molecular flexibility index (Phi) is 2.02. The zero-order valence-corrected chi connectivity index (χ0v) is 7.49. The number of aliphatic hydroxyl groups is 1. The molecule has 1 unspecified atom stereocenters. The molecule has 2 rings (SSSR count). The van der Waals surface area contributed by atoms with Gasteiger partial charge in [-0.05, 0) is 18.1 Å². The average molecular weight is 176 g/mol. The van der Waals surface area contributed by atoms with E-state index in [1.165, 1.54) is 0 Å². The molecule has 0 fully saturated rings. The zero-order chi connectivity index (χ0) is 9.26. The molecule has 2 aromatic rings. The first-order valence-electron chi connectivity index (χ1n) is 4.42. The topological polar surface area (TPSA) is 48.9 Å². The van der Waals surface area contributed by atoms with Gasteiger partial charge in [-0.3, -0.25) is 5.10 Å². The quantitative estimate of drug-likeness (QED) is 0.735. The molecule has 1 atom stereocenters. The summed E-state index contributed by atoms with van der Waals surface area (Å²) in [6.45, 7) is 1.96. The predicted octanol–water partition coefficient (Wildman–Crippen LogP) is 2.01. The Bertz CT molecular complexity index is 408. The lowest BCUT2D eigenvalue weighted by Crippen LogP contribution is -1.94. The molecule has 0 radical (unpaired) electrons. The highest BCUT2D eigenvalue weighted by atomic mass is 16.3. The van der Waals surface area contributed by atoms with Gasteiger partial charge in [0, 0.05) is 5.39 Å². The maximum atomic E-state index is 9.59. The second-order valence-corrected chi connectivity index (χ2v) is 3.14. The van der Waals surface area contributed by atoms with Crippen LogP contribution in [0.4, 0.5) is 0 Å². The van der Waals surface area contributed by atoms with Crippen molar-refractivity contribution in [1.29, 1.82) is 0 Å². The molecule has 1 heterocycles. The number of fused-ring (bicyclic) bond motifs is 1. The maximum absolute atomic E-state index is 9.59. The van der Waals surface area contributed by atoms with Crippen molar-refractivity contribution in [3.05, 3.63) is 30.0 Å². The van der Waals surface area contributed by atoms with E-state index >= 15 is 0 Å². The van der Waals surface area contributed by atoms with Crippen LogP contribution >= 0.6 is 0 Å². The van der Waals surface area contributed by atoms with Crippen molar-refractivity contribution in [3.63, 3.8) is 0 Å². The van der Waals surface area contributed by atoms with Crippen LogP contribution in [0.15, 0.2) is 24.4 Å². The van der Waals surface area contributed by atoms with E-state index in [9.17, 15) is 5.11 Å². The molecule has 3 nitrogen and oxygen atoms in total. The fraction of sp³-hybridized carbons (Fsp3) is 0.300. The van der Waals surface area contributed by atoms with E-state index in [1.54, 1.807) is 6.20 Å². The third kappa shape index (κ3) is 1.42. The molecule has 0 aliphatic heterocycles. The lowest BCUT2D eigenvalue weighted by molar-refractivity contribution is 0.174. The minimum atomic E-state index is -0.368. The van der Waals surface area contributed by atoms with Gasteiger partial charge >= 0.3 is 0 Å². The summed E-state index contributed by atoms with van der Waals surface area (Å²) in [5.41, 5.74) is 1.92. The molecule has 1 aromatic heterocycles. The SMILES string of the molecule is CCC(O)c1ccc2cn[nH]c2c1. The van der Waals surface area contributed by atoms with Gasteiger partial charge in [-0.1, -0.05) is 19.1 Å². The number of aromatic nitrogens is 2. The Balaban J connectivity index is 2.48. The van der Waals surface area contributed by atoms with Gasteiger partial charge in [0.15, 0.2) is 0 Å². The molecule has 3 heteroatoms. The predicted molar refractivity (Wildman–Crippen MR) is 51.3 cm³/mol. The molecule has 13 heavy (non-hydrogen) atoms. The first-order valence-corrected chi connectivity index (χ1v) is 4.42. The lowest BCUT2D eigenvalue weighted by atomic mass is 10.1. The molecule has 0 amide bonds. The fourth-order valence-corrected chi connectivity index (χ4v) is 1.40. The fourth-order valence-electron chi connectivity index (χ4n) is 1.40. The van der Waals surface area contributed by atoms with Gasteiger partial charge in [0.2, 0.25) is 0 Å². The highest BCUT2D eigenvalue weighted by Gasteiger charge is 2.05. The number of nitrogens with one attached hydrogen (secondary N) is 1. The lowest BCUT2D eigenvalue weighted by Gasteiger charge is -2.06. The van der Waals surface area contributed by atoms with Crippen molar-refractivity contribution in [1.82, 2.24) is 10.2 Å². The van der Waals surface area contributed by atoms with Crippen molar-refractivity contribution in [2.24, 2.45) is 0 Å². The molecule has 68 valence electrons. The normalized spacial score (nSPS) is 13.4. The molecule has 1 aromatic carbocycles. The van der Waals surface area contributed by atoms with Crippen molar-refractivity contribution in [2.45, 2.75) is 19.4 Å². The van der Waals surface area contributed by atoms with E-state index in [4.69, 9.17) is 0 Å². The smallest absolute Gasteiger partial charge is 0.0788 e. The monoisotopic (exact) mass is 176 g/mol. The number of hydrogen-bond acceptors (Lipinski definition) is 2. The van der Waals surface area contributed by atoms with Crippen LogP contribution < -0.4 is 0 Å². The highest BCUT2D eigenvalue weighted by molar-refractivity contribution is 5.78. The summed E-state index contributed by atoms with van der Waals surface area (Å²) in [6.07, 6.45) is 2.14. The summed E-state index contributed by atoms with van der Waals surface area (Å²) >= 11 is 0. The van der Waals surface area contributed by atoms with Crippen LogP contribution in [0.5, 0.6) is 0 Å². The second kappa shape index (κ2) is 3.18. The van der Waals surface area contributed by atoms with Crippen molar-refractivity contribution in [3.8, 4) is 0 Å². The molecule has 0 saturated carbocycles. The van der Waals surface area contributed by atoms with Crippen molar-refractivity contribution >= 4 is 10.9 Å². The van der Waals surface area contributed by atoms with Crippen LogP contribution in [0.3, 0.4) is 0 Å². The second-order valence-electron chi connectivity index (χ2n) is 3.14. The van der Waals surface area contributed by atoms with Gasteiger partial charge in [-0.25, -0.2) is 0 Å². The molecule has 0 saturated heterocycles. The molecule has 0 aliphatic rings. The van der Waals surface area contributed by atoms with Crippen LogP contribution in [0, 0.1) is 0 Å². The summed E-state index contributed by atoms with van der Waals surface area (Å²) in [7, 11) is 0. The van der Waals surface area contributed by atoms with E-state index in [0.29, 0.717) is 0 Å². The van der Waals surface area contributed by atoms with Crippen LogP contribution in [-0.2, 0) is 0 Å². The van der Waals surface area contributed by atoms with Crippen molar-refractivity contribution in [2.75, 3.05) is 0 Å². The standard InChI is InChI=1S/C10H12N2O/c1-2-10(13)7-3-4-8-6-11-12-9(8)5-7/h3-6,10,13H,2H2,1H3,(H,11,12). The van der Waals surface area contributed by atoms with Gasteiger partial charge in [0.05, 0.1) is 17.8 Å². The van der Waals surface area contributed by atoms with E-state index < -0.39 is 0 Å². The van der Waals surface area contributed by atoms with E-state index in [0.717, 1.165) is 22.9 Å². The number of benzene rings is 1. The van der Waals surface area contributed by atoms with Gasteiger partial charge < -0.3 is 5.11 Å². The number of nitrogens with zero attached hydrogens (tertiary/aromatic N) is 1. The van der Waals surface area contributed by atoms with E-state index in [1.807, 2.05) is 25.1 Å². The first kappa shape index (κ1) is 8.26. The third-order valence-corrected chi connectivity index (χ3v) is 2.24. The van der Waals surface area contributed by atoms with Crippen molar-refractivity contribution < 1.29 is 5.11 Å². The molecule has 0 spiro atoms. The van der Waals surface area contributed by atoms with Gasteiger partial charge in [0.25, 0.3) is 0 Å². The minimum absolute atomic E-state index is 0.368. The summed E-state index contributed by atoms with van der Waals surface area (Å²) in [5, 5.41) is 17.5. The summed E-state index contributed by atoms with van der Waals surface area (Å²) in [5.74, 6) is 0. The van der Waals surface area contributed by atoms with Gasteiger partial charge in [-0.2, -0.15) is 5.10 Å². The Morgan fingerprint density at radius 2 is 2.38 bits per heavy atom. The third-order valence-electron chi connectivity index (χ3n) is 2.24.